The molecule has 2 aromatic carbocycles. The Balaban J connectivity index is 1.91. The molecule has 1 aromatic heterocycles. The summed E-state index contributed by atoms with van der Waals surface area (Å²) in [4.78, 5) is 6.13. The number of anilines is 1. The molecule has 0 amide bonds. The van der Waals surface area contributed by atoms with Gasteiger partial charge in [-0.15, -0.1) is 0 Å². The fourth-order valence-corrected chi connectivity index (χ4v) is 3.42. The molecule has 26 heavy (non-hydrogen) atoms. The van der Waals surface area contributed by atoms with Crippen molar-refractivity contribution in [3.8, 4) is 5.69 Å². The number of hydrogen-bond acceptors (Lipinski definition) is 3. The van der Waals surface area contributed by atoms with Gasteiger partial charge in [-0.05, 0) is 37.1 Å². The number of para-hydroxylation sites is 1. The molecule has 3 aromatic rings. The molecule has 1 N–H and O–H groups in total. The van der Waals surface area contributed by atoms with E-state index in [0.29, 0.717) is 42.7 Å². The first kappa shape index (κ1) is 16.9. The van der Waals surface area contributed by atoms with Crippen LogP contribution >= 0.6 is 0 Å². The van der Waals surface area contributed by atoms with E-state index >= 15 is 0 Å². The molecular formula is C19H18F3N3O. The summed E-state index contributed by atoms with van der Waals surface area (Å²) in [6.45, 7) is 1.02. The van der Waals surface area contributed by atoms with Gasteiger partial charge in [-0.3, -0.25) is 4.57 Å². The number of halogens is 3. The van der Waals surface area contributed by atoms with Crippen LogP contribution in [0.3, 0.4) is 0 Å². The van der Waals surface area contributed by atoms with E-state index in [4.69, 9.17) is 0 Å². The number of alkyl halides is 3. The lowest BCUT2D eigenvalue weighted by molar-refractivity contribution is -0.137. The van der Waals surface area contributed by atoms with E-state index in [1.165, 1.54) is 6.07 Å². The molecule has 0 aliphatic carbocycles. The zero-order valence-corrected chi connectivity index (χ0v) is 13.9. The van der Waals surface area contributed by atoms with Gasteiger partial charge in [-0.25, -0.2) is 4.98 Å². The molecule has 0 atom stereocenters. The number of benzene rings is 2. The first-order valence-electron chi connectivity index (χ1n) is 8.50. The average molecular weight is 361 g/mol. The minimum absolute atomic E-state index is 0.310. The van der Waals surface area contributed by atoms with Crippen molar-refractivity contribution in [3.05, 3.63) is 54.4 Å². The molecule has 1 saturated heterocycles. The fourth-order valence-electron chi connectivity index (χ4n) is 3.42. The summed E-state index contributed by atoms with van der Waals surface area (Å²) in [7, 11) is 0. The van der Waals surface area contributed by atoms with E-state index in [0.717, 1.165) is 11.8 Å². The number of imidazole rings is 1. The highest BCUT2D eigenvalue weighted by atomic mass is 19.4. The summed E-state index contributed by atoms with van der Waals surface area (Å²) in [6.07, 6.45) is -2.20. The lowest BCUT2D eigenvalue weighted by Gasteiger charge is -2.32. The van der Waals surface area contributed by atoms with E-state index < -0.39 is 17.8 Å². The first-order valence-corrected chi connectivity index (χ1v) is 8.50. The number of aliphatic hydroxyl groups excluding tert-OH is 1. The molecule has 1 aliphatic rings. The van der Waals surface area contributed by atoms with Gasteiger partial charge in [-0.2, -0.15) is 13.2 Å². The monoisotopic (exact) mass is 361 g/mol. The van der Waals surface area contributed by atoms with Gasteiger partial charge >= 0.3 is 6.18 Å². The molecule has 1 aliphatic heterocycles. The second-order valence-corrected chi connectivity index (χ2v) is 6.53. The van der Waals surface area contributed by atoms with E-state index in [2.05, 4.69) is 4.98 Å². The highest BCUT2D eigenvalue weighted by molar-refractivity contribution is 5.91. The standard InChI is InChI=1S/C19H18F3N3O/c20-19(21,22)13-10-16-18(17(11-13)24-8-6-15(26)7-9-24)25(12-23-16)14-4-2-1-3-5-14/h1-5,10-12,15,26H,6-9H2. The van der Waals surface area contributed by atoms with E-state index in [1.807, 2.05) is 39.8 Å². The van der Waals surface area contributed by atoms with Gasteiger partial charge in [0.25, 0.3) is 0 Å². The fraction of sp³-hybridized carbons (Fsp3) is 0.316. The van der Waals surface area contributed by atoms with Gasteiger partial charge < -0.3 is 10.0 Å². The quantitative estimate of drug-likeness (QED) is 0.750. The molecule has 136 valence electrons. The number of aromatic nitrogens is 2. The molecule has 0 unspecified atom stereocenters. The highest BCUT2D eigenvalue weighted by Crippen LogP contribution is 2.38. The van der Waals surface area contributed by atoms with Crippen LogP contribution in [0.1, 0.15) is 18.4 Å². The largest absolute Gasteiger partial charge is 0.416 e. The van der Waals surface area contributed by atoms with Crippen molar-refractivity contribution in [3.63, 3.8) is 0 Å². The van der Waals surface area contributed by atoms with Crippen LogP contribution in [0.15, 0.2) is 48.8 Å². The Morgan fingerprint density at radius 2 is 1.73 bits per heavy atom. The summed E-state index contributed by atoms with van der Waals surface area (Å²) < 4.78 is 41.9. The van der Waals surface area contributed by atoms with Gasteiger partial charge in [0.1, 0.15) is 6.33 Å². The zero-order valence-electron chi connectivity index (χ0n) is 13.9. The topological polar surface area (TPSA) is 41.3 Å². The number of rotatable bonds is 2. The van der Waals surface area contributed by atoms with Crippen LogP contribution < -0.4 is 4.90 Å². The van der Waals surface area contributed by atoms with Crippen molar-refractivity contribution in [1.82, 2.24) is 9.55 Å². The van der Waals surface area contributed by atoms with Gasteiger partial charge in [0, 0.05) is 18.8 Å². The Hall–Kier alpha value is -2.54. The van der Waals surface area contributed by atoms with Crippen molar-refractivity contribution in [2.75, 3.05) is 18.0 Å². The maximum atomic E-state index is 13.4. The van der Waals surface area contributed by atoms with Gasteiger partial charge in [-0.1, -0.05) is 18.2 Å². The lowest BCUT2D eigenvalue weighted by Crippen LogP contribution is -2.36. The molecule has 1 fully saturated rings. The minimum Gasteiger partial charge on any atom is -0.393 e. The van der Waals surface area contributed by atoms with Gasteiger partial charge in [0.15, 0.2) is 0 Å². The normalized spacial score (nSPS) is 16.4. The number of nitrogens with zero attached hydrogens (tertiary/aromatic N) is 3. The Bertz CT molecular complexity index is 913. The van der Waals surface area contributed by atoms with Gasteiger partial charge in [0.2, 0.25) is 0 Å². The van der Waals surface area contributed by atoms with Crippen LogP contribution in [0.5, 0.6) is 0 Å². The van der Waals surface area contributed by atoms with Crippen LogP contribution in [-0.2, 0) is 6.18 Å². The van der Waals surface area contributed by atoms with Crippen molar-refractivity contribution in [2.45, 2.75) is 25.1 Å². The van der Waals surface area contributed by atoms with E-state index in [-0.39, 0.29) is 0 Å². The summed E-state index contributed by atoms with van der Waals surface area (Å²) in [5, 5.41) is 9.74. The predicted octanol–water partition coefficient (Wildman–Crippen LogP) is 4.01. The van der Waals surface area contributed by atoms with Crippen molar-refractivity contribution in [2.24, 2.45) is 0 Å². The van der Waals surface area contributed by atoms with E-state index in [1.54, 1.807) is 6.33 Å². The smallest absolute Gasteiger partial charge is 0.393 e. The molecule has 2 heterocycles. The average Bonchev–Trinajstić information content (AvgIpc) is 3.06. The third-order valence-electron chi connectivity index (χ3n) is 4.79. The zero-order chi connectivity index (χ0) is 18.3. The molecule has 0 bridgehead atoms. The Morgan fingerprint density at radius 3 is 2.38 bits per heavy atom. The number of piperidine rings is 1. The molecule has 7 heteroatoms. The molecule has 0 saturated carbocycles. The van der Waals surface area contributed by atoms with Gasteiger partial charge in [0.05, 0.1) is 28.4 Å². The van der Waals surface area contributed by atoms with E-state index in [9.17, 15) is 18.3 Å². The van der Waals surface area contributed by atoms with Crippen LogP contribution in [0.4, 0.5) is 18.9 Å². The Morgan fingerprint density at radius 1 is 1.04 bits per heavy atom. The maximum absolute atomic E-state index is 13.4. The second-order valence-electron chi connectivity index (χ2n) is 6.53. The molecule has 0 spiro atoms. The van der Waals surface area contributed by atoms with Crippen LogP contribution in [0.25, 0.3) is 16.7 Å². The molecule has 0 radical (unpaired) electrons. The second kappa shape index (κ2) is 6.32. The SMILES string of the molecule is OC1CCN(c2cc(C(F)(F)F)cc3ncn(-c4ccccc4)c23)CC1. The molecular weight excluding hydrogens is 343 g/mol. The third-order valence-corrected chi connectivity index (χ3v) is 4.79. The molecule has 4 nitrogen and oxygen atoms in total. The van der Waals surface area contributed by atoms with Crippen molar-refractivity contribution in [1.29, 1.82) is 0 Å². The number of aliphatic hydroxyl groups is 1. The first-order chi connectivity index (χ1) is 12.4. The van der Waals surface area contributed by atoms with Crippen molar-refractivity contribution < 1.29 is 18.3 Å². The Labute approximate surface area is 148 Å². The lowest BCUT2D eigenvalue weighted by atomic mass is 10.1. The van der Waals surface area contributed by atoms with Crippen LogP contribution in [0, 0.1) is 0 Å². The highest BCUT2D eigenvalue weighted by Gasteiger charge is 2.33. The Kier molecular flexibility index (Phi) is 4.11. The number of fused-ring (bicyclic) bond motifs is 1. The summed E-state index contributed by atoms with van der Waals surface area (Å²) >= 11 is 0. The molecule has 4 rings (SSSR count). The van der Waals surface area contributed by atoms with Crippen molar-refractivity contribution >= 4 is 16.7 Å². The minimum atomic E-state index is -4.44. The predicted molar refractivity (Wildman–Crippen MR) is 93.5 cm³/mol. The maximum Gasteiger partial charge on any atom is 0.416 e. The summed E-state index contributed by atoms with van der Waals surface area (Å²) in [6, 6.07) is 11.7. The summed E-state index contributed by atoms with van der Waals surface area (Å²) in [5.41, 5.74) is 1.60. The van der Waals surface area contributed by atoms with Crippen LogP contribution in [-0.4, -0.2) is 33.9 Å². The summed E-state index contributed by atoms with van der Waals surface area (Å²) in [5.74, 6) is 0. The third kappa shape index (κ3) is 3.03. The number of hydrogen-bond donors (Lipinski definition) is 1. The van der Waals surface area contributed by atoms with Crippen LogP contribution in [0.2, 0.25) is 0 Å².